The third-order valence-corrected chi connectivity index (χ3v) is 2.48. The Kier molecular flexibility index (Phi) is 2.48. The minimum Gasteiger partial charge on any atom is -0.508 e. The normalized spacial score (nSPS) is 10.4. The second kappa shape index (κ2) is 3.81. The van der Waals surface area contributed by atoms with Crippen LogP contribution in [0.25, 0.3) is 11.1 Å². The second-order valence-electron chi connectivity index (χ2n) is 3.62. The fourth-order valence-corrected chi connectivity index (χ4v) is 1.71. The van der Waals surface area contributed by atoms with Gasteiger partial charge in [-0.15, -0.1) is 0 Å². The van der Waals surface area contributed by atoms with Crippen molar-refractivity contribution in [2.75, 3.05) is 0 Å². The first kappa shape index (κ1) is 10.4. The molecule has 0 atom stereocenters. The lowest BCUT2D eigenvalue weighted by Gasteiger charge is -2.09. The smallest absolute Gasteiger partial charge is 0.127 e. The molecule has 0 amide bonds. The van der Waals surface area contributed by atoms with Crippen LogP contribution in [0.5, 0.6) is 11.5 Å². The lowest BCUT2D eigenvalue weighted by molar-refractivity contribution is 0.452. The van der Waals surface area contributed by atoms with E-state index in [4.69, 9.17) is 0 Å². The number of nitrogens with zero attached hydrogens (tertiary/aromatic N) is 2. The number of hydrogen-bond donors (Lipinski definition) is 2. The van der Waals surface area contributed by atoms with E-state index >= 15 is 0 Å². The van der Waals surface area contributed by atoms with Gasteiger partial charge < -0.3 is 10.2 Å². The Morgan fingerprint density at radius 2 is 1.62 bits per heavy atom. The summed E-state index contributed by atoms with van der Waals surface area (Å²) in [5.74, 6) is 0.0643. The molecule has 2 N–H and O–H groups in total. The summed E-state index contributed by atoms with van der Waals surface area (Å²) < 4.78 is 0. The van der Waals surface area contributed by atoms with Crippen molar-refractivity contribution in [2.45, 2.75) is 13.8 Å². The number of aromatic hydroxyl groups is 2. The number of hydrogen-bond acceptors (Lipinski definition) is 4. The van der Waals surface area contributed by atoms with Gasteiger partial charge in [0, 0.05) is 28.6 Å². The first-order chi connectivity index (χ1) is 7.59. The standard InChI is InChI=1S/C12H12N2O2/c1-7-12(8(2)14-6-13-7)10-4-3-9(15)5-11(10)16/h3-6,15-16H,1-2H3. The Hall–Kier alpha value is -2.10. The topological polar surface area (TPSA) is 66.2 Å². The van der Waals surface area contributed by atoms with Gasteiger partial charge in [-0.05, 0) is 26.0 Å². The van der Waals surface area contributed by atoms with Crippen LogP contribution in [-0.4, -0.2) is 20.2 Å². The number of phenolic OH excluding ortho intramolecular Hbond substituents is 2. The van der Waals surface area contributed by atoms with Crippen molar-refractivity contribution in [3.05, 3.63) is 35.9 Å². The van der Waals surface area contributed by atoms with Crippen molar-refractivity contribution in [3.8, 4) is 22.6 Å². The van der Waals surface area contributed by atoms with Crippen LogP contribution in [0.15, 0.2) is 24.5 Å². The molecule has 0 saturated heterocycles. The molecule has 2 aromatic rings. The van der Waals surface area contributed by atoms with E-state index < -0.39 is 0 Å². The summed E-state index contributed by atoms with van der Waals surface area (Å²) in [6.45, 7) is 3.71. The van der Waals surface area contributed by atoms with Crippen LogP contribution in [0.3, 0.4) is 0 Å². The summed E-state index contributed by atoms with van der Waals surface area (Å²) >= 11 is 0. The third kappa shape index (κ3) is 1.69. The van der Waals surface area contributed by atoms with Gasteiger partial charge in [-0.1, -0.05) is 0 Å². The molecule has 2 rings (SSSR count). The van der Waals surface area contributed by atoms with Crippen molar-refractivity contribution < 1.29 is 10.2 Å². The average Bonchev–Trinajstić information content (AvgIpc) is 2.20. The van der Waals surface area contributed by atoms with E-state index in [1.807, 2.05) is 13.8 Å². The van der Waals surface area contributed by atoms with Crippen molar-refractivity contribution in [2.24, 2.45) is 0 Å². The van der Waals surface area contributed by atoms with Crippen molar-refractivity contribution >= 4 is 0 Å². The van der Waals surface area contributed by atoms with Gasteiger partial charge in [-0.2, -0.15) is 0 Å². The quantitative estimate of drug-likeness (QED) is 0.766. The maximum atomic E-state index is 9.78. The summed E-state index contributed by atoms with van der Waals surface area (Å²) in [7, 11) is 0. The summed E-state index contributed by atoms with van der Waals surface area (Å²) in [6.07, 6.45) is 1.49. The van der Waals surface area contributed by atoms with Gasteiger partial charge in [0.05, 0.1) is 0 Å². The molecule has 1 aromatic carbocycles. The maximum Gasteiger partial charge on any atom is 0.127 e. The van der Waals surface area contributed by atoms with E-state index in [1.54, 1.807) is 6.07 Å². The predicted molar refractivity (Wildman–Crippen MR) is 60.3 cm³/mol. The largest absolute Gasteiger partial charge is 0.508 e. The fourth-order valence-electron chi connectivity index (χ4n) is 1.71. The first-order valence-corrected chi connectivity index (χ1v) is 4.90. The number of rotatable bonds is 1. The van der Waals surface area contributed by atoms with Gasteiger partial charge in [-0.25, -0.2) is 9.97 Å². The molecule has 0 fully saturated rings. The van der Waals surface area contributed by atoms with E-state index in [-0.39, 0.29) is 11.5 Å². The van der Waals surface area contributed by atoms with Crippen LogP contribution >= 0.6 is 0 Å². The van der Waals surface area contributed by atoms with E-state index in [1.165, 1.54) is 18.5 Å². The molecule has 0 saturated carbocycles. The van der Waals surface area contributed by atoms with Crippen LogP contribution in [0.1, 0.15) is 11.4 Å². The van der Waals surface area contributed by atoms with Gasteiger partial charge in [-0.3, -0.25) is 0 Å². The zero-order valence-corrected chi connectivity index (χ0v) is 9.10. The molecule has 1 heterocycles. The third-order valence-electron chi connectivity index (χ3n) is 2.48. The van der Waals surface area contributed by atoms with E-state index in [0.717, 1.165) is 17.0 Å². The molecular formula is C12H12N2O2. The molecule has 1 aromatic heterocycles. The summed E-state index contributed by atoms with van der Waals surface area (Å²) in [5.41, 5.74) is 3.04. The molecule has 0 spiro atoms. The van der Waals surface area contributed by atoms with Gasteiger partial charge in [0.2, 0.25) is 0 Å². The highest BCUT2D eigenvalue weighted by Gasteiger charge is 2.11. The fraction of sp³-hybridized carbons (Fsp3) is 0.167. The molecule has 0 bridgehead atoms. The summed E-state index contributed by atoms with van der Waals surface area (Å²) in [4.78, 5) is 8.19. The Morgan fingerprint density at radius 3 is 2.19 bits per heavy atom. The minimum absolute atomic E-state index is 0.0287. The molecule has 4 nitrogen and oxygen atoms in total. The van der Waals surface area contributed by atoms with Crippen LogP contribution in [0, 0.1) is 13.8 Å². The molecular weight excluding hydrogens is 204 g/mol. The Morgan fingerprint density at radius 1 is 1.00 bits per heavy atom. The van der Waals surface area contributed by atoms with Crippen molar-refractivity contribution in [1.82, 2.24) is 9.97 Å². The number of benzene rings is 1. The van der Waals surface area contributed by atoms with E-state index in [9.17, 15) is 10.2 Å². The monoisotopic (exact) mass is 216 g/mol. The molecule has 16 heavy (non-hydrogen) atoms. The minimum atomic E-state index is 0.0287. The molecule has 0 aliphatic rings. The van der Waals surface area contributed by atoms with Crippen molar-refractivity contribution in [1.29, 1.82) is 0 Å². The zero-order valence-electron chi connectivity index (χ0n) is 9.10. The van der Waals surface area contributed by atoms with Crippen LogP contribution < -0.4 is 0 Å². The molecule has 4 heteroatoms. The predicted octanol–water partition coefficient (Wildman–Crippen LogP) is 2.17. The molecule has 0 aliphatic carbocycles. The van der Waals surface area contributed by atoms with Crippen molar-refractivity contribution in [3.63, 3.8) is 0 Å². The molecule has 0 radical (unpaired) electrons. The van der Waals surface area contributed by atoms with Crippen LogP contribution in [0.4, 0.5) is 0 Å². The van der Waals surface area contributed by atoms with Crippen LogP contribution in [0.2, 0.25) is 0 Å². The van der Waals surface area contributed by atoms with Gasteiger partial charge in [0.15, 0.2) is 0 Å². The SMILES string of the molecule is Cc1ncnc(C)c1-c1ccc(O)cc1O. The average molecular weight is 216 g/mol. The molecule has 0 unspecified atom stereocenters. The Bertz CT molecular complexity index is 518. The Balaban J connectivity index is 2.68. The number of aryl methyl sites for hydroxylation is 2. The van der Waals surface area contributed by atoms with E-state index in [0.29, 0.717) is 5.56 Å². The van der Waals surface area contributed by atoms with Crippen LogP contribution in [-0.2, 0) is 0 Å². The van der Waals surface area contributed by atoms with Gasteiger partial charge >= 0.3 is 0 Å². The lowest BCUT2D eigenvalue weighted by atomic mass is 10.0. The maximum absolute atomic E-state index is 9.78. The molecule has 82 valence electrons. The Labute approximate surface area is 93.2 Å². The highest BCUT2D eigenvalue weighted by atomic mass is 16.3. The lowest BCUT2D eigenvalue weighted by Crippen LogP contribution is -1.94. The number of phenols is 2. The molecule has 0 aliphatic heterocycles. The second-order valence-corrected chi connectivity index (χ2v) is 3.62. The summed E-state index contributed by atoms with van der Waals surface area (Å²) in [6, 6.07) is 4.49. The zero-order chi connectivity index (χ0) is 11.7. The van der Waals surface area contributed by atoms with Gasteiger partial charge in [0.25, 0.3) is 0 Å². The number of aromatic nitrogens is 2. The first-order valence-electron chi connectivity index (χ1n) is 4.90. The highest BCUT2D eigenvalue weighted by molar-refractivity contribution is 5.74. The summed E-state index contributed by atoms with van der Waals surface area (Å²) in [5, 5.41) is 19.0. The van der Waals surface area contributed by atoms with Gasteiger partial charge in [0.1, 0.15) is 17.8 Å². The van der Waals surface area contributed by atoms with E-state index in [2.05, 4.69) is 9.97 Å². The highest BCUT2D eigenvalue weighted by Crippen LogP contribution is 2.34.